The molecule has 0 N–H and O–H groups in total. The average molecular weight is 356 g/mol. The van der Waals surface area contributed by atoms with Crippen molar-refractivity contribution in [2.45, 2.75) is 33.7 Å². The Labute approximate surface area is 155 Å². The highest BCUT2D eigenvalue weighted by Crippen LogP contribution is 2.10. The van der Waals surface area contributed by atoms with E-state index in [1.807, 2.05) is 44.2 Å². The highest BCUT2D eigenvalue weighted by molar-refractivity contribution is 5.83. The van der Waals surface area contributed by atoms with Crippen LogP contribution in [-0.2, 0) is 22.6 Å². The average Bonchev–Trinajstić information content (AvgIpc) is 3.11. The van der Waals surface area contributed by atoms with Crippen molar-refractivity contribution < 1.29 is 14.0 Å². The number of carbonyl (C=O) groups excluding carboxylic acids is 2. The second-order valence-corrected chi connectivity index (χ2v) is 6.92. The quantitative estimate of drug-likeness (QED) is 0.692. The smallest absolute Gasteiger partial charge is 0.242 e. The molecule has 1 aromatic carbocycles. The Morgan fingerprint density at radius 2 is 1.77 bits per heavy atom. The first kappa shape index (κ1) is 19.8. The summed E-state index contributed by atoms with van der Waals surface area (Å²) >= 11 is 0. The van der Waals surface area contributed by atoms with Crippen LogP contribution in [0.5, 0.6) is 0 Å². The van der Waals surface area contributed by atoms with Crippen molar-refractivity contribution in [2.24, 2.45) is 5.92 Å². The van der Waals surface area contributed by atoms with E-state index < -0.39 is 0 Å². The van der Waals surface area contributed by atoms with Gasteiger partial charge in [-0.3, -0.25) is 9.59 Å². The molecule has 2 aromatic rings. The van der Waals surface area contributed by atoms with E-state index in [2.05, 4.69) is 12.1 Å². The maximum absolute atomic E-state index is 12.9. The summed E-state index contributed by atoms with van der Waals surface area (Å²) in [6, 6.07) is 13.7. The molecule has 0 fully saturated rings. The maximum atomic E-state index is 12.9. The third kappa shape index (κ3) is 6.39. The van der Waals surface area contributed by atoms with Crippen molar-refractivity contribution in [1.29, 1.82) is 0 Å². The lowest BCUT2D eigenvalue weighted by Gasteiger charge is -2.27. The van der Waals surface area contributed by atoms with Crippen LogP contribution in [0.4, 0.5) is 0 Å². The molecule has 0 saturated carbocycles. The molecule has 0 bridgehead atoms. The molecule has 140 valence electrons. The fraction of sp³-hybridized carbons (Fsp3) is 0.429. The zero-order valence-electron chi connectivity index (χ0n) is 15.9. The molecule has 2 amide bonds. The monoisotopic (exact) mass is 356 g/mol. The van der Waals surface area contributed by atoms with Gasteiger partial charge in [-0.15, -0.1) is 0 Å². The highest BCUT2D eigenvalue weighted by atomic mass is 16.3. The van der Waals surface area contributed by atoms with Gasteiger partial charge in [0, 0.05) is 20.0 Å². The predicted molar refractivity (Wildman–Crippen MR) is 101 cm³/mol. The standard InChI is InChI=1S/C21H28N2O3/c1-17(2)14-23(18(3)24)16-21(25)22(15-20-10-7-13-26-20)12-11-19-8-5-4-6-9-19/h4-10,13,17H,11-12,14-16H2,1-3H3. The molecular formula is C21H28N2O3. The third-order valence-electron chi connectivity index (χ3n) is 4.15. The molecule has 5 heteroatoms. The van der Waals surface area contributed by atoms with Gasteiger partial charge >= 0.3 is 0 Å². The van der Waals surface area contributed by atoms with Gasteiger partial charge in [-0.1, -0.05) is 44.2 Å². The fourth-order valence-electron chi connectivity index (χ4n) is 2.80. The molecule has 0 spiro atoms. The predicted octanol–water partition coefficient (Wildman–Crippen LogP) is 3.36. The van der Waals surface area contributed by atoms with Crippen LogP contribution in [0.25, 0.3) is 0 Å². The number of hydrogen-bond donors (Lipinski definition) is 0. The van der Waals surface area contributed by atoms with Crippen molar-refractivity contribution in [1.82, 2.24) is 9.80 Å². The van der Waals surface area contributed by atoms with Crippen molar-refractivity contribution in [3.8, 4) is 0 Å². The summed E-state index contributed by atoms with van der Waals surface area (Å²) in [7, 11) is 0. The lowest BCUT2D eigenvalue weighted by atomic mass is 10.1. The molecule has 0 aliphatic carbocycles. The maximum Gasteiger partial charge on any atom is 0.242 e. The van der Waals surface area contributed by atoms with Crippen LogP contribution in [0.2, 0.25) is 0 Å². The number of carbonyl (C=O) groups is 2. The van der Waals surface area contributed by atoms with E-state index in [1.165, 1.54) is 12.5 Å². The molecule has 0 aliphatic rings. The largest absolute Gasteiger partial charge is 0.467 e. The van der Waals surface area contributed by atoms with Gasteiger partial charge in [0.2, 0.25) is 11.8 Å². The Balaban J connectivity index is 2.05. The van der Waals surface area contributed by atoms with Crippen molar-refractivity contribution in [3.63, 3.8) is 0 Å². The van der Waals surface area contributed by atoms with Gasteiger partial charge in [-0.25, -0.2) is 0 Å². The number of furan rings is 1. The molecule has 0 atom stereocenters. The minimum absolute atomic E-state index is 0.0619. The Morgan fingerprint density at radius 3 is 2.35 bits per heavy atom. The van der Waals surface area contributed by atoms with Gasteiger partial charge in [-0.05, 0) is 30.0 Å². The van der Waals surface area contributed by atoms with Gasteiger partial charge < -0.3 is 14.2 Å². The van der Waals surface area contributed by atoms with Crippen molar-refractivity contribution in [3.05, 3.63) is 60.1 Å². The van der Waals surface area contributed by atoms with E-state index in [-0.39, 0.29) is 18.4 Å². The van der Waals surface area contributed by atoms with Crippen molar-refractivity contribution in [2.75, 3.05) is 19.6 Å². The zero-order chi connectivity index (χ0) is 18.9. The number of hydrogen-bond acceptors (Lipinski definition) is 3. The normalized spacial score (nSPS) is 10.8. The fourth-order valence-corrected chi connectivity index (χ4v) is 2.80. The Hall–Kier alpha value is -2.56. The van der Waals surface area contributed by atoms with Crippen LogP contribution in [0.1, 0.15) is 32.1 Å². The minimum atomic E-state index is -0.0759. The topological polar surface area (TPSA) is 53.8 Å². The second-order valence-electron chi connectivity index (χ2n) is 6.92. The van der Waals surface area contributed by atoms with E-state index in [4.69, 9.17) is 4.42 Å². The van der Waals surface area contributed by atoms with Crippen LogP contribution in [0.15, 0.2) is 53.1 Å². The van der Waals surface area contributed by atoms with Gasteiger partial charge in [0.1, 0.15) is 5.76 Å². The van der Waals surface area contributed by atoms with Crippen LogP contribution in [0, 0.1) is 5.92 Å². The van der Waals surface area contributed by atoms with Crippen LogP contribution >= 0.6 is 0 Å². The lowest BCUT2D eigenvalue weighted by molar-refractivity contribution is -0.140. The van der Waals surface area contributed by atoms with Crippen LogP contribution in [0.3, 0.4) is 0 Å². The third-order valence-corrected chi connectivity index (χ3v) is 4.15. The Bertz CT molecular complexity index is 681. The zero-order valence-corrected chi connectivity index (χ0v) is 15.9. The molecule has 1 aromatic heterocycles. The van der Waals surface area contributed by atoms with Gasteiger partial charge in [-0.2, -0.15) is 0 Å². The first-order chi connectivity index (χ1) is 12.5. The van der Waals surface area contributed by atoms with Crippen molar-refractivity contribution >= 4 is 11.8 Å². The Kier molecular flexibility index (Phi) is 7.45. The summed E-state index contributed by atoms with van der Waals surface area (Å²) in [6.07, 6.45) is 2.37. The summed E-state index contributed by atoms with van der Waals surface area (Å²) in [5.41, 5.74) is 1.18. The summed E-state index contributed by atoms with van der Waals surface area (Å²) < 4.78 is 5.41. The summed E-state index contributed by atoms with van der Waals surface area (Å²) in [5.74, 6) is 0.917. The van der Waals surface area contributed by atoms with E-state index in [0.717, 1.165) is 12.2 Å². The Morgan fingerprint density at radius 1 is 1.04 bits per heavy atom. The van der Waals surface area contributed by atoms with E-state index in [0.29, 0.717) is 25.6 Å². The first-order valence-electron chi connectivity index (χ1n) is 9.05. The van der Waals surface area contributed by atoms with Crippen LogP contribution < -0.4 is 0 Å². The summed E-state index contributed by atoms with van der Waals surface area (Å²) in [5, 5.41) is 0. The summed E-state index contributed by atoms with van der Waals surface area (Å²) in [4.78, 5) is 28.1. The van der Waals surface area contributed by atoms with Gasteiger partial charge in [0.25, 0.3) is 0 Å². The molecule has 0 radical (unpaired) electrons. The van der Waals surface area contributed by atoms with Gasteiger partial charge in [0.15, 0.2) is 0 Å². The summed E-state index contributed by atoms with van der Waals surface area (Å²) in [6.45, 7) is 7.25. The van der Waals surface area contributed by atoms with E-state index >= 15 is 0 Å². The molecule has 1 heterocycles. The van der Waals surface area contributed by atoms with E-state index in [1.54, 1.807) is 16.1 Å². The highest BCUT2D eigenvalue weighted by Gasteiger charge is 2.21. The molecule has 2 rings (SSSR count). The number of nitrogens with zero attached hydrogens (tertiary/aromatic N) is 2. The number of rotatable bonds is 9. The molecule has 0 aliphatic heterocycles. The molecule has 26 heavy (non-hydrogen) atoms. The second kappa shape index (κ2) is 9.80. The molecule has 0 saturated heterocycles. The lowest BCUT2D eigenvalue weighted by Crippen LogP contribution is -2.43. The number of benzene rings is 1. The molecule has 0 unspecified atom stereocenters. The SMILES string of the molecule is CC(=O)N(CC(=O)N(CCc1ccccc1)Cc1ccco1)CC(C)C. The van der Waals surface area contributed by atoms with Gasteiger partial charge in [0.05, 0.1) is 19.4 Å². The minimum Gasteiger partial charge on any atom is -0.467 e. The molecule has 5 nitrogen and oxygen atoms in total. The number of amides is 2. The molecular weight excluding hydrogens is 328 g/mol. The van der Waals surface area contributed by atoms with Crippen LogP contribution in [-0.4, -0.2) is 41.2 Å². The van der Waals surface area contributed by atoms with E-state index in [9.17, 15) is 9.59 Å². The first-order valence-corrected chi connectivity index (χ1v) is 9.05.